The number of carboxylic acid groups (broad SMARTS) is 1. The Balaban J connectivity index is 1.67. The minimum absolute atomic E-state index is 0.0729. The molecule has 1 aromatic heterocycles. The standard InChI is InChI=1S/C22H27N3O3/c1-22(2,3)19-18(13-25(23-19)15-7-5-4-6-8-15)20(26)24-11-16(14-9-10-14)17(12-24)21(27)28/h4-8,13-14,16-17H,9-12H2,1-3H3,(H,27,28)/t16-,17+/m1/s1. The average molecular weight is 381 g/mol. The van der Waals surface area contributed by atoms with Crippen molar-refractivity contribution >= 4 is 11.9 Å². The molecule has 1 aliphatic carbocycles. The molecule has 1 saturated carbocycles. The zero-order chi connectivity index (χ0) is 20.1. The Labute approximate surface area is 165 Å². The number of aliphatic carboxylic acids is 1. The first kappa shape index (κ1) is 18.7. The number of likely N-dealkylation sites (tertiary alicyclic amines) is 1. The smallest absolute Gasteiger partial charge is 0.308 e. The molecule has 0 spiro atoms. The highest BCUT2D eigenvalue weighted by Crippen LogP contribution is 2.44. The van der Waals surface area contributed by atoms with E-state index in [0.29, 0.717) is 18.0 Å². The molecule has 148 valence electrons. The van der Waals surface area contributed by atoms with Gasteiger partial charge < -0.3 is 10.0 Å². The Morgan fingerprint density at radius 3 is 2.36 bits per heavy atom. The summed E-state index contributed by atoms with van der Waals surface area (Å²) >= 11 is 0. The molecule has 1 aliphatic heterocycles. The van der Waals surface area contributed by atoms with E-state index in [1.165, 1.54) is 0 Å². The Bertz CT molecular complexity index is 893. The van der Waals surface area contributed by atoms with Crippen LogP contribution < -0.4 is 0 Å². The summed E-state index contributed by atoms with van der Waals surface area (Å²) in [5.74, 6) is -0.833. The van der Waals surface area contributed by atoms with Gasteiger partial charge in [0.25, 0.3) is 5.91 Å². The van der Waals surface area contributed by atoms with Crippen molar-refractivity contribution in [2.75, 3.05) is 13.1 Å². The molecular formula is C22H27N3O3. The van der Waals surface area contributed by atoms with Crippen molar-refractivity contribution < 1.29 is 14.7 Å². The third kappa shape index (κ3) is 3.43. The number of rotatable bonds is 4. The van der Waals surface area contributed by atoms with E-state index in [2.05, 4.69) is 0 Å². The maximum Gasteiger partial charge on any atom is 0.308 e. The number of carbonyl (C=O) groups is 2. The molecule has 1 amide bonds. The van der Waals surface area contributed by atoms with Crippen LogP contribution in [0.1, 0.15) is 49.7 Å². The molecule has 2 heterocycles. The van der Waals surface area contributed by atoms with E-state index in [-0.39, 0.29) is 23.8 Å². The van der Waals surface area contributed by atoms with Gasteiger partial charge in [-0.3, -0.25) is 9.59 Å². The van der Waals surface area contributed by atoms with Crippen LogP contribution in [0.25, 0.3) is 5.69 Å². The molecule has 2 atom stereocenters. The van der Waals surface area contributed by atoms with Gasteiger partial charge in [0.2, 0.25) is 0 Å². The van der Waals surface area contributed by atoms with Gasteiger partial charge in [0.05, 0.1) is 22.9 Å². The van der Waals surface area contributed by atoms with Gasteiger partial charge in [-0.15, -0.1) is 0 Å². The van der Waals surface area contributed by atoms with Crippen LogP contribution in [-0.2, 0) is 10.2 Å². The molecule has 0 radical (unpaired) electrons. The highest BCUT2D eigenvalue weighted by atomic mass is 16.4. The number of carbonyl (C=O) groups excluding carboxylic acids is 1. The molecule has 0 bridgehead atoms. The molecule has 0 unspecified atom stereocenters. The minimum Gasteiger partial charge on any atom is -0.481 e. The monoisotopic (exact) mass is 381 g/mol. The van der Waals surface area contributed by atoms with E-state index in [1.807, 2.05) is 51.1 Å². The Morgan fingerprint density at radius 2 is 1.79 bits per heavy atom. The lowest BCUT2D eigenvalue weighted by Gasteiger charge is -2.20. The van der Waals surface area contributed by atoms with Crippen molar-refractivity contribution in [3.05, 3.63) is 47.8 Å². The van der Waals surface area contributed by atoms with E-state index in [4.69, 9.17) is 5.10 Å². The van der Waals surface area contributed by atoms with E-state index >= 15 is 0 Å². The van der Waals surface area contributed by atoms with Crippen molar-refractivity contribution in [1.82, 2.24) is 14.7 Å². The molecule has 6 nitrogen and oxygen atoms in total. The minimum atomic E-state index is -0.789. The molecular weight excluding hydrogens is 354 g/mol. The van der Waals surface area contributed by atoms with Gasteiger partial charge in [0.15, 0.2) is 0 Å². The molecule has 1 N–H and O–H groups in total. The maximum absolute atomic E-state index is 13.4. The number of hydrogen-bond acceptors (Lipinski definition) is 3. The predicted molar refractivity (Wildman–Crippen MR) is 106 cm³/mol. The second-order valence-electron chi connectivity index (χ2n) is 9.08. The fraction of sp³-hybridized carbons (Fsp3) is 0.500. The Hall–Kier alpha value is -2.63. The average Bonchev–Trinajstić information content (AvgIpc) is 3.22. The second kappa shape index (κ2) is 6.76. The highest BCUT2D eigenvalue weighted by Gasteiger charge is 2.47. The number of amides is 1. The van der Waals surface area contributed by atoms with E-state index in [9.17, 15) is 14.7 Å². The van der Waals surface area contributed by atoms with Crippen LogP contribution in [0.2, 0.25) is 0 Å². The number of para-hydroxylation sites is 1. The predicted octanol–water partition coefficient (Wildman–Crippen LogP) is 3.35. The summed E-state index contributed by atoms with van der Waals surface area (Å²) in [5.41, 5.74) is 1.90. The summed E-state index contributed by atoms with van der Waals surface area (Å²) < 4.78 is 1.75. The molecule has 2 fully saturated rings. The molecule has 6 heteroatoms. The van der Waals surface area contributed by atoms with Gasteiger partial charge >= 0.3 is 5.97 Å². The fourth-order valence-corrected chi connectivity index (χ4v) is 4.23. The van der Waals surface area contributed by atoms with Gasteiger partial charge in [-0.2, -0.15) is 5.10 Å². The summed E-state index contributed by atoms with van der Waals surface area (Å²) in [6, 6.07) is 9.72. The zero-order valence-electron chi connectivity index (χ0n) is 16.6. The van der Waals surface area contributed by atoms with Gasteiger partial charge in [0.1, 0.15) is 0 Å². The summed E-state index contributed by atoms with van der Waals surface area (Å²) in [7, 11) is 0. The van der Waals surface area contributed by atoms with Crippen LogP contribution in [0.3, 0.4) is 0 Å². The number of nitrogens with zero attached hydrogens (tertiary/aromatic N) is 3. The largest absolute Gasteiger partial charge is 0.481 e. The lowest BCUT2D eigenvalue weighted by Crippen LogP contribution is -2.31. The fourth-order valence-electron chi connectivity index (χ4n) is 4.23. The first-order valence-electron chi connectivity index (χ1n) is 9.93. The Kier molecular flexibility index (Phi) is 4.52. The maximum atomic E-state index is 13.4. The van der Waals surface area contributed by atoms with Crippen LogP contribution >= 0.6 is 0 Å². The molecule has 28 heavy (non-hydrogen) atoms. The van der Waals surface area contributed by atoms with Crippen molar-refractivity contribution in [1.29, 1.82) is 0 Å². The SMILES string of the molecule is CC(C)(C)c1nn(-c2ccccc2)cc1C(=O)N1C[C@H](C(=O)O)[C@@H](C2CC2)C1. The lowest BCUT2D eigenvalue weighted by molar-refractivity contribution is -0.142. The summed E-state index contributed by atoms with van der Waals surface area (Å²) in [6.07, 6.45) is 3.95. The number of benzene rings is 1. The van der Waals surface area contributed by atoms with Crippen LogP contribution in [0, 0.1) is 17.8 Å². The van der Waals surface area contributed by atoms with Crippen LogP contribution in [0.5, 0.6) is 0 Å². The molecule has 2 aromatic rings. The topological polar surface area (TPSA) is 75.4 Å². The summed E-state index contributed by atoms with van der Waals surface area (Å²) in [6.45, 7) is 6.94. The highest BCUT2D eigenvalue weighted by molar-refractivity contribution is 5.96. The van der Waals surface area contributed by atoms with Gasteiger partial charge in [-0.25, -0.2) is 4.68 Å². The van der Waals surface area contributed by atoms with Crippen LogP contribution in [0.15, 0.2) is 36.5 Å². The molecule has 4 rings (SSSR count). The number of hydrogen-bond donors (Lipinski definition) is 1. The number of carboxylic acids is 1. The zero-order valence-corrected chi connectivity index (χ0v) is 16.6. The molecule has 1 aromatic carbocycles. The Morgan fingerprint density at radius 1 is 1.11 bits per heavy atom. The van der Waals surface area contributed by atoms with Crippen molar-refractivity contribution in [3.63, 3.8) is 0 Å². The van der Waals surface area contributed by atoms with Gasteiger partial charge in [-0.05, 0) is 36.8 Å². The van der Waals surface area contributed by atoms with Gasteiger partial charge in [-0.1, -0.05) is 39.0 Å². The first-order valence-corrected chi connectivity index (χ1v) is 9.93. The summed E-state index contributed by atoms with van der Waals surface area (Å²) in [4.78, 5) is 26.8. The molecule has 1 saturated heterocycles. The second-order valence-corrected chi connectivity index (χ2v) is 9.08. The number of aromatic nitrogens is 2. The van der Waals surface area contributed by atoms with E-state index in [1.54, 1.807) is 15.8 Å². The van der Waals surface area contributed by atoms with E-state index in [0.717, 1.165) is 24.2 Å². The lowest BCUT2D eigenvalue weighted by atomic mass is 9.89. The van der Waals surface area contributed by atoms with Crippen molar-refractivity contribution in [2.24, 2.45) is 17.8 Å². The van der Waals surface area contributed by atoms with Gasteiger partial charge in [0, 0.05) is 24.7 Å². The third-order valence-corrected chi connectivity index (χ3v) is 5.87. The quantitative estimate of drug-likeness (QED) is 0.881. The van der Waals surface area contributed by atoms with Crippen molar-refractivity contribution in [2.45, 2.75) is 39.0 Å². The normalized spacial score (nSPS) is 22.5. The van der Waals surface area contributed by atoms with Crippen LogP contribution in [0.4, 0.5) is 0 Å². The first-order chi connectivity index (χ1) is 13.3. The summed E-state index contributed by atoms with van der Waals surface area (Å²) in [5, 5.41) is 14.3. The third-order valence-electron chi connectivity index (χ3n) is 5.87. The van der Waals surface area contributed by atoms with Crippen molar-refractivity contribution in [3.8, 4) is 5.69 Å². The molecule has 2 aliphatic rings. The van der Waals surface area contributed by atoms with Crippen LogP contribution in [-0.4, -0.2) is 44.8 Å². The van der Waals surface area contributed by atoms with E-state index < -0.39 is 11.9 Å².